The summed E-state index contributed by atoms with van der Waals surface area (Å²) in [5, 5.41) is 10.7. The van der Waals surface area contributed by atoms with Crippen molar-refractivity contribution in [1.82, 2.24) is 0 Å². The van der Waals surface area contributed by atoms with Crippen molar-refractivity contribution in [2.45, 2.75) is 58.2 Å². The Hall–Kier alpha value is -1.03. The molecule has 4 heteroatoms. The Morgan fingerprint density at radius 1 is 1.05 bits per heavy atom. The first kappa shape index (κ1) is 16.0. The summed E-state index contributed by atoms with van der Waals surface area (Å²) in [6.45, 7) is 5.54. The van der Waals surface area contributed by atoms with Gasteiger partial charge in [0, 0.05) is 0 Å². The van der Waals surface area contributed by atoms with E-state index in [1.807, 2.05) is 13.8 Å². The first-order valence-electron chi connectivity index (χ1n) is 6.65. The fourth-order valence-electron chi connectivity index (χ4n) is 2.58. The fourth-order valence-corrected chi connectivity index (χ4v) is 2.58. The lowest BCUT2D eigenvalue weighted by atomic mass is 9.82. The molecular weight excluding hydrogens is 253 g/mol. The number of halogens is 3. The molecule has 1 aromatic carbocycles. The summed E-state index contributed by atoms with van der Waals surface area (Å²) >= 11 is 0. The van der Waals surface area contributed by atoms with Crippen molar-refractivity contribution in [2.75, 3.05) is 0 Å². The summed E-state index contributed by atoms with van der Waals surface area (Å²) in [6, 6.07) is 3.59. The van der Waals surface area contributed by atoms with Gasteiger partial charge in [0.15, 0.2) is 0 Å². The molecule has 108 valence electrons. The van der Waals surface area contributed by atoms with E-state index in [1.165, 1.54) is 6.07 Å². The van der Waals surface area contributed by atoms with Gasteiger partial charge in [-0.15, -0.1) is 0 Å². The maximum absolute atomic E-state index is 12.6. The third-order valence-electron chi connectivity index (χ3n) is 3.38. The van der Waals surface area contributed by atoms with Crippen LogP contribution in [0.1, 0.15) is 56.2 Å². The molecule has 0 radical (unpaired) electrons. The minimum atomic E-state index is -4.34. The molecule has 19 heavy (non-hydrogen) atoms. The number of hydrogen-bond donors (Lipinski definition) is 1. The van der Waals surface area contributed by atoms with E-state index >= 15 is 0 Å². The number of benzene rings is 1. The van der Waals surface area contributed by atoms with Gasteiger partial charge in [0.1, 0.15) is 0 Å². The molecule has 0 spiro atoms. The number of aryl methyl sites for hydroxylation is 1. The van der Waals surface area contributed by atoms with E-state index in [9.17, 15) is 18.3 Å². The van der Waals surface area contributed by atoms with Crippen LogP contribution < -0.4 is 0 Å². The SMILES string of the molecule is CCCC(O)(CCC)c1ccc(C(F)(F)F)cc1C. The monoisotopic (exact) mass is 274 g/mol. The highest BCUT2D eigenvalue weighted by Crippen LogP contribution is 2.37. The van der Waals surface area contributed by atoms with E-state index in [2.05, 4.69) is 0 Å². The molecule has 0 saturated heterocycles. The van der Waals surface area contributed by atoms with Crippen LogP contribution in [-0.2, 0) is 11.8 Å². The predicted octanol–water partition coefficient (Wildman–Crippen LogP) is 4.80. The summed E-state index contributed by atoms with van der Waals surface area (Å²) in [5.41, 5.74) is -0.565. The van der Waals surface area contributed by atoms with E-state index in [1.54, 1.807) is 6.92 Å². The molecule has 1 rings (SSSR count). The van der Waals surface area contributed by atoms with Gasteiger partial charge in [-0.05, 0) is 43.0 Å². The van der Waals surface area contributed by atoms with Gasteiger partial charge in [-0.3, -0.25) is 0 Å². The normalized spacial score (nSPS) is 12.8. The van der Waals surface area contributed by atoms with Gasteiger partial charge < -0.3 is 5.11 Å². The zero-order valence-corrected chi connectivity index (χ0v) is 11.6. The van der Waals surface area contributed by atoms with Crippen molar-refractivity contribution < 1.29 is 18.3 Å². The van der Waals surface area contributed by atoms with Crippen LogP contribution in [0.4, 0.5) is 13.2 Å². The summed E-state index contributed by atoms with van der Waals surface area (Å²) in [5.74, 6) is 0. The summed E-state index contributed by atoms with van der Waals surface area (Å²) in [7, 11) is 0. The van der Waals surface area contributed by atoms with Gasteiger partial charge in [0.25, 0.3) is 0 Å². The second-order valence-corrected chi connectivity index (χ2v) is 5.06. The molecule has 1 N–H and O–H groups in total. The van der Waals surface area contributed by atoms with Crippen LogP contribution >= 0.6 is 0 Å². The average Bonchev–Trinajstić information content (AvgIpc) is 2.28. The first-order valence-corrected chi connectivity index (χ1v) is 6.65. The van der Waals surface area contributed by atoms with Crippen molar-refractivity contribution in [1.29, 1.82) is 0 Å². The van der Waals surface area contributed by atoms with Crippen molar-refractivity contribution in [3.63, 3.8) is 0 Å². The van der Waals surface area contributed by atoms with Gasteiger partial charge in [-0.1, -0.05) is 32.8 Å². The molecular formula is C15H21F3O. The molecule has 0 amide bonds. The Bertz CT molecular complexity index is 418. The number of aliphatic hydroxyl groups is 1. The number of hydrogen-bond acceptors (Lipinski definition) is 1. The molecule has 0 bridgehead atoms. The summed E-state index contributed by atoms with van der Waals surface area (Å²) < 4.78 is 37.9. The highest BCUT2D eigenvalue weighted by molar-refractivity contribution is 5.36. The number of rotatable bonds is 5. The van der Waals surface area contributed by atoms with Gasteiger partial charge in [0.2, 0.25) is 0 Å². The zero-order chi connectivity index (χ0) is 14.7. The van der Waals surface area contributed by atoms with Crippen molar-refractivity contribution in [3.8, 4) is 0 Å². The Balaban J connectivity index is 3.19. The highest BCUT2D eigenvalue weighted by Gasteiger charge is 2.33. The van der Waals surface area contributed by atoms with Gasteiger partial charge in [-0.2, -0.15) is 13.2 Å². The molecule has 0 aliphatic carbocycles. The molecule has 0 unspecified atom stereocenters. The van der Waals surface area contributed by atoms with Crippen molar-refractivity contribution >= 4 is 0 Å². The highest BCUT2D eigenvalue weighted by atomic mass is 19.4. The maximum Gasteiger partial charge on any atom is 0.416 e. The molecule has 0 aliphatic rings. The Morgan fingerprint density at radius 3 is 1.95 bits per heavy atom. The lowest BCUT2D eigenvalue weighted by molar-refractivity contribution is -0.137. The average molecular weight is 274 g/mol. The van der Waals surface area contributed by atoms with Crippen LogP contribution in [0.25, 0.3) is 0 Å². The molecule has 0 fully saturated rings. The summed E-state index contributed by atoms with van der Waals surface area (Å²) in [6.07, 6.45) is -1.63. The van der Waals surface area contributed by atoms with Crippen LogP contribution in [0, 0.1) is 6.92 Å². The molecule has 0 heterocycles. The van der Waals surface area contributed by atoms with Gasteiger partial charge in [0.05, 0.1) is 11.2 Å². The van der Waals surface area contributed by atoms with Gasteiger partial charge in [-0.25, -0.2) is 0 Å². The first-order chi connectivity index (χ1) is 8.74. The fraction of sp³-hybridized carbons (Fsp3) is 0.600. The Labute approximate surface area is 112 Å². The molecule has 0 aromatic heterocycles. The van der Waals surface area contributed by atoms with Crippen LogP contribution in [0.5, 0.6) is 0 Å². The van der Waals surface area contributed by atoms with Crippen LogP contribution in [0.2, 0.25) is 0 Å². The predicted molar refractivity (Wildman–Crippen MR) is 69.9 cm³/mol. The minimum Gasteiger partial charge on any atom is -0.385 e. The van der Waals surface area contributed by atoms with Crippen LogP contribution in [0.3, 0.4) is 0 Å². The second kappa shape index (κ2) is 5.95. The zero-order valence-electron chi connectivity index (χ0n) is 11.6. The lowest BCUT2D eigenvalue weighted by Gasteiger charge is -2.30. The standard InChI is InChI=1S/C15H21F3O/c1-4-8-14(19,9-5-2)13-7-6-12(10-11(13)3)15(16,17)18/h6-7,10,19H,4-5,8-9H2,1-3H3. The van der Waals surface area contributed by atoms with Crippen LogP contribution in [0.15, 0.2) is 18.2 Å². The molecule has 0 saturated carbocycles. The van der Waals surface area contributed by atoms with E-state index in [0.29, 0.717) is 24.0 Å². The van der Waals surface area contributed by atoms with E-state index in [-0.39, 0.29) is 0 Å². The Morgan fingerprint density at radius 2 is 1.58 bits per heavy atom. The lowest BCUT2D eigenvalue weighted by Crippen LogP contribution is -2.26. The van der Waals surface area contributed by atoms with Gasteiger partial charge >= 0.3 is 6.18 Å². The van der Waals surface area contributed by atoms with E-state index in [4.69, 9.17) is 0 Å². The minimum absolute atomic E-state index is 0.499. The summed E-state index contributed by atoms with van der Waals surface area (Å²) in [4.78, 5) is 0. The molecule has 1 aromatic rings. The largest absolute Gasteiger partial charge is 0.416 e. The molecule has 0 atom stereocenters. The van der Waals surface area contributed by atoms with E-state index in [0.717, 1.165) is 25.0 Å². The quantitative estimate of drug-likeness (QED) is 0.817. The smallest absolute Gasteiger partial charge is 0.385 e. The molecule has 0 aliphatic heterocycles. The third kappa shape index (κ3) is 3.72. The van der Waals surface area contributed by atoms with E-state index < -0.39 is 17.3 Å². The van der Waals surface area contributed by atoms with Crippen molar-refractivity contribution in [2.24, 2.45) is 0 Å². The third-order valence-corrected chi connectivity index (χ3v) is 3.38. The maximum atomic E-state index is 12.6. The van der Waals surface area contributed by atoms with Crippen LogP contribution in [-0.4, -0.2) is 5.11 Å². The number of alkyl halides is 3. The van der Waals surface area contributed by atoms with Crippen molar-refractivity contribution in [3.05, 3.63) is 34.9 Å². The molecule has 1 nitrogen and oxygen atoms in total. The topological polar surface area (TPSA) is 20.2 Å². The Kier molecular flexibility index (Phi) is 5.02. The second-order valence-electron chi connectivity index (χ2n) is 5.06.